The standard InChI is InChI=1S/C17H19ClN2O/c1-2-13-6-3-4-9-16(13)19-11-10-17(21)20-15-8-5-7-14(18)12-15/h3-9,12,19H,2,10-11H2,1H3,(H,20,21). The summed E-state index contributed by atoms with van der Waals surface area (Å²) in [4.78, 5) is 11.9. The molecule has 2 aromatic rings. The van der Waals surface area contributed by atoms with Crippen LogP contribution in [-0.4, -0.2) is 12.5 Å². The van der Waals surface area contributed by atoms with Gasteiger partial charge < -0.3 is 10.6 Å². The topological polar surface area (TPSA) is 41.1 Å². The van der Waals surface area contributed by atoms with Crippen molar-refractivity contribution in [3.8, 4) is 0 Å². The van der Waals surface area contributed by atoms with Gasteiger partial charge in [-0.15, -0.1) is 0 Å². The Bertz CT molecular complexity index is 613. The zero-order valence-corrected chi connectivity index (χ0v) is 12.8. The second kappa shape index (κ2) is 7.70. The molecule has 0 saturated carbocycles. The monoisotopic (exact) mass is 302 g/mol. The van der Waals surface area contributed by atoms with E-state index < -0.39 is 0 Å². The van der Waals surface area contributed by atoms with Crippen molar-refractivity contribution in [1.82, 2.24) is 0 Å². The molecule has 0 bridgehead atoms. The Morgan fingerprint density at radius 3 is 2.71 bits per heavy atom. The van der Waals surface area contributed by atoms with E-state index in [9.17, 15) is 4.79 Å². The second-order valence-electron chi connectivity index (χ2n) is 4.75. The first kappa shape index (κ1) is 15.4. The molecule has 2 rings (SSSR count). The van der Waals surface area contributed by atoms with Gasteiger partial charge in [-0.1, -0.05) is 42.8 Å². The molecule has 3 nitrogen and oxygen atoms in total. The quantitative estimate of drug-likeness (QED) is 0.833. The summed E-state index contributed by atoms with van der Waals surface area (Å²) in [6, 6.07) is 15.3. The second-order valence-corrected chi connectivity index (χ2v) is 5.18. The highest BCUT2D eigenvalue weighted by Gasteiger charge is 2.04. The van der Waals surface area contributed by atoms with Gasteiger partial charge >= 0.3 is 0 Å². The summed E-state index contributed by atoms with van der Waals surface area (Å²) in [5.74, 6) is -0.0289. The zero-order valence-electron chi connectivity index (χ0n) is 12.0. The minimum absolute atomic E-state index is 0.0289. The Kier molecular flexibility index (Phi) is 5.64. The van der Waals surface area contributed by atoms with Crippen molar-refractivity contribution in [2.75, 3.05) is 17.2 Å². The lowest BCUT2D eigenvalue weighted by molar-refractivity contribution is -0.115. The van der Waals surface area contributed by atoms with Crippen molar-refractivity contribution in [3.05, 3.63) is 59.1 Å². The number of hydrogen-bond acceptors (Lipinski definition) is 2. The number of benzene rings is 2. The summed E-state index contributed by atoms with van der Waals surface area (Å²) in [6.07, 6.45) is 1.38. The normalized spacial score (nSPS) is 10.2. The van der Waals surface area contributed by atoms with Crippen LogP contribution in [0, 0.1) is 0 Å². The molecule has 0 fully saturated rings. The molecule has 0 aliphatic heterocycles. The lowest BCUT2D eigenvalue weighted by Crippen LogP contribution is -2.16. The molecule has 2 N–H and O–H groups in total. The summed E-state index contributed by atoms with van der Waals surface area (Å²) in [7, 11) is 0. The third-order valence-corrected chi connectivity index (χ3v) is 3.41. The van der Waals surface area contributed by atoms with Gasteiger partial charge in [-0.25, -0.2) is 0 Å². The van der Waals surface area contributed by atoms with Crippen LogP contribution in [0.25, 0.3) is 0 Å². The number of rotatable bonds is 6. The van der Waals surface area contributed by atoms with E-state index in [1.54, 1.807) is 12.1 Å². The van der Waals surface area contributed by atoms with E-state index in [0.717, 1.165) is 17.8 Å². The van der Waals surface area contributed by atoms with Crippen molar-refractivity contribution in [3.63, 3.8) is 0 Å². The minimum atomic E-state index is -0.0289. The molecule has 0 atom stereocenters. The molecule has 21 heavy (non-hydrogen) atoms. The molecule has 0 aliphatic rings. The fourth-order valence-electron chi connectivity index (χ4n) is 2.10. The predicted molar refractivity (Wildman–Crippen MR) is 89.0 cm³/mol. The number of carbonyl (C=O) groups excluding carboxylic acids is 1. The third-order valence-electron chi connectivity index (χ3n) is 3.17. The average Bonchev–Trinajstić information content (AvgIpc) is 2.47. The molecular weight excluding hydrogens is 284 g/mol. The molecule has 2 aromatic carbocycles. The number of amides is 1. The van der Waals surface area contributed by atoms with Crippen molar-refractivity contribution < 1.29 is 4.79 Å². The van der Waals surface area contributed by atoms with Gasteiger partial charge in [-0.2, -0.15) is 0 Å². The number of nitrogens with one attached hydrogen (secondary N) is 2. The highest BCUT2D eigenvalue weighted by molar-refractivity contribution is 6.30. The van der Waals surface area contributed by atoms with Crippen LogP contribution in [-0.2, 0) is 11.2 Å². The predicted octanol–water partition coefficient (Wildman–Crippen LogP) is 4.34. The zero-order chi connectivity index (χ0) is 15.1. The van der Waals surface area contributed by atoms with Crippen LogP contribution in [0.3, 0.4) is 0 Å². The van der Waals surface area contributed by atoms with E-state index in [2.05, 4.69) is 23.6 Å². The van der Waals surface area contributed by atoms with Gasteiger partial charge in [0.05, 0.1) is 0 Å². The van der Waals surface area contributed by atoms with Crippen LogP contribution in [0.15, 0.2) is 48.5 Å². The van der Waals surface area contributed by atoms with Crippen LogP contribution >= 0.6 is 11.6 Å². The van der Waals surface area contributed by atoms with E-state index in [0.29, 0.717) is 18.0 Å². The first-order chi connectivity index (χ1) is 10.2. The van der Waals surface area contributed by atoms with Gasteiger partial charge in [0.2, 0.25) is 5.91 Å². The molecule has 110 valence electrons. The van der Waals surface area contributed by atoms with E-state index in [1.807, 2.05) is 30.3 Å². The fourth-order valence-corrected chi connectivity index (χ4v) is 2.29. The van der Waals surface area contributed by atoms with Gasteiger partial charge in [0, 0.05) is 29.4 Å². The lowest BCUT2D eigenvalue weighted by atomic mass is 10.1. The molecule has 0 heterocycles. The molecule has 0 aliphatic carbocycles. The van der Waals surface area contributed by atoms with Crippen LogP contribution in [0.2, 0.25) is 5.02 Å². The highest BCUT2D eigenvalue weighted by atomic mass is 35.5. The van der Waals surface area contributed by atoms with Crippen LogP contribution in [0.5, 0.6) is 0 Å². The van der Waals surface area contributed by atoms with Crippen molar-refractivity contribution in [1.29, 1.82) is 0 Å². The smallest absolute Gasteiger partial charge is 0.226 e. The Morgan fingerprint density at radius 2 is 1.95 bits per heavy atom. The van der Waals surface area contributed by atoms with Crippen LogP contribution < -0.4 is 10.6 Å². The lowest BCUT2D eigenvalue weighted by Gasteiger charge is -2.11. The van der Waals surface area contributed by atoms with Crippen molar-refractivity contribution in [2.45, 2.75) is 19.8 Å². The molecular formula is C17H19ClN2O. The summed E-state index contributed by atoms with van der Waals surface area (Å²) in [6.45, 7) is 2.72. The van der Waals surface area contributed by atoms with E-state index >= 15 is 0 Å². The van der Waals surface area contributed by atoms with Crippen molar-refractivity contribution in [2.24, 2.45) is 0 Å². The summed E-state index contributed by atoms with van der Waals surface area (Å²) < 4.78 is 0. The number of aryl methyl sites for hydroxylation is 1. The number of para-hydroxylation sites is 1. The Morgan fingerprint density at radius 1 is 1.14 bits per heavy atom. The highest BCUT2D eigenvalue weighted by Crippen LogP contribution is 2.16. The average molecular weight is 303 g/mol. The fraction of sp³-hybridized carbons (Fsp3) is 0.235. The Labute approximate surface area is 130 Å². The number of carbonyl (C=O) groups is 1. The molecule has 0 radical (unpaired) electrons. The molecule has 1 amide bonds. The van der Waals surface area contributed by atoms with Crippen molar-refractivity contribution >= 4 is 28.9 Å². The molecule has 0 saturated heterocycles. The summed E-state index contributed by atoms with van der Waals surface area (Å²) in [5, 5.41) is 6.75. The number of halogens is 1. The SMILES string of the molecule is CCc1ccccc1NCCC(=O)Nc1cccc(Cl)c1. The van der Waals surface area contributed by atoms with Crippen LogP contribution in [0.1, 0.15) is 18.9 Å². The molecule has 0 aromatic heterocycles. The summed E-state index contributed by atoms with van der Waals surface area (Å²) in [5.41, 5.74) is 3.07. The Balaban J connectivity index is 1.82. The molecule has 4 heteroatoms. The summed E-state index contributed by atoms with van der Waals surface area (Å²) >= 11 is 5.88. The van der Waals surface area contributed by atoms with Crippen LogP contribution in [0.4, 0.5) is 11.4 Å². The molecule has 0 spiro atoms. The van der Waals surface area contributed by atoms with Gasteiger partial charge in [0.1, 0.15) is 0 Å². The maximum atomic E-state index is 11.9. The van der Waals surface area contributed by atoms with Gasteiger partial charge in [-0.3, -0.25) is 4.79 Å². The first-order valence-corrected chi connectivity index (χ1v) is 7.44. The first-order valence-electron chi connectivity index (χ1n) is 7.06. The van der Waals surface area contributed by atoms with E-state index in [-0.39, 0.29) is 5.91 Å². The maximum absolute atomic E-state index is 11.9. The van der Waals surface area contributed by atoms with E-state index in [4.69, 9.17) is 11.6 Å². The van der Waals surface area contributed by atoms with Gasteiger partial charge in [-0.05, 0) is 36.2 Å². The minimum Gasteiger partial charge on any atom is -0.384 e. The number of hydrogen-bond donors (Lipinski definition) is 2. The third kappa shape index (κ3) is 4.80. The largest absolute Gasteiger partial charge is 0.384 e. The number of anilines is 2. The van der Waals surface area contributed by atoms with E-state index in [1.165, 1.54) is 5.56 Å². The van der Waals surface area contributed by atoms with Gasteiger partial charge in [0.25, 0.3) is 0 Å². The molecule has 0 unspecified atom stereocenters. The maximum Gasteiger partial charge on any atom is 0.226 e. The van der Waals surface area contributed by atoms with Gasteiger partial charge in [0.15, 0.2) is 0 Å². The Hall–Kier alpha value is -2.00.